The van der Waals surface area contributed by atoms with Gasteiger partial charge in [0.25, 0.3) is 11.8 Å². The van der Waals surface area contributed by atoms with Crippen molar-refractivity contribution < 1.29 is 28.3 Å². The fourth-order valence-electron chi connectivity index (χ4n) is 8.57. The Hall–Kier alpha value is -6.22. The lowest BCUT2D eigenvalue weighted by Crippen LogP contribution is -2.54. The van der Waals surface area contributed by atoms with Crippen LogP contribution in [0.4, 0.5) is 15.9 Å². The standard InChI is InChI=1S/C41H40FN9O5/c42-31-20-24(22-48-16-18-49(19-17-48)26-9-12-29-30(21-26)41(55)50(40(29)54)33-14-15-34(52)46-39(33)53)6-13-32(31)51-38-35(37(43)44-23-45-38)36(47-51)25-7-10-28(11-8-25)56-27-4-2-1-3-5-27/h1-5,7-12,21,23-24,31-33H,6,13-20,22H2,(H2,43,44,45)(H,46,52,53). The summed E-state index contributed by atoms with van der Waals surface area (Å²) in [5.41, 5.74) is 9.64. The zero-order chi connectivity index (χ0) is 38.5. The van der Waals surface area contributed by atoms with Crippen molar-refractivity contribution in [3.8, 4) is 22.8 Å². The number of piperidine rings is 1. The number of imide groups is 2. The van der Waals surface area contributed by atoms with Crippen LogP contribution in [0.15, 0.2) is 79.1 Å². The van der Waals surface area contributed by atoms with Crippen LogP contribution in [0, 0.1) is 5.92 Å². The zero-order valence-corrected chi connectivity index (χ0v) is 30.5. The molecule has 2 saturated heterocycles. The number of hydrogen-bond acceptors (Lipinski definition) is 11. The van der Waals surface area contributed by atoms with E-state index in [1.54, 1.807) is 16.8 Å². The Morgan fingerprint density at radius 1 is 0.839 bits per heavy atom. The van der Waals surface area contributed by atoms with Gasteiger partial charge < -0.3 is 15.4 Å². The van der Waals surface area contributed by atoms with Crippen LogP contribution in [0.2, 0.25) is 0 Å². The van der Waals surface area contributed by atoms with E-state index in [0.717, 1.165) is 48.0 Å². The molecule has 56 heavy (non-hydrogen) atoms. The number of nitrogens with one attached hydrogen (secondary N) is 1. The van der Waals surface area contributed by atoms with Gasteiger partial charge in [-0.3, -0.25) is 34.3 Å². The van der Waals surface area contributed by atoms with Crippen molar-refractivity contribution in [3.63, 3.8) is 0 Å². The molecular formula is C41H40FN9O5. The first kappa shape index (κ1) is 35.5. The average molecular weight is 758 g/mol. The molecule has 4 aliphatic rings. The van der Waals surface area contributed by atoms with E-state index in [9.17, 15) is 19.2 Å². The van der Waals surface area contributed by atoms with Gasteiger partial charge in [0.1, 0.15) is 41.6 Å². The number of benzene rings is 3. The molecule has 15 heteroatoms. The molecule has 286 valence electrons. The Kier molecular flexibility index (Phi) is 9.16. The highest BCUT2D eigenvalue weighted by atomic mass is 19.1. The average Bonchev–Trinajstić information content (AvgIpc) is 3.71. The summed E-state index contributed by atoms with van der Waals surface area (Å²) in [6.07, 6.45) is 2.29. The number of fused-ring (bicyclic) bond motifs is 2. The Morgan fingerprint density at radius 2 is 1.59 bits per heavy atom. The number of carbonyl (C=O) groups excluding carboxylic acids is 4. The van der Waals surface area contributed by atoms with Crippen molar-refractivity contribution in [1.82, 2.24) is 34.9 Å². The van der Waals surface area contributed by atoms with E-state index in [-0.39, 0.29) is 29.9 Å². The van der Waals surface area contributed by atoms with Gasteiger partial charge in [-0.25, -0.2) is 19.0 Å². The summed E-state index contributed by atoms with van der Waals surface area (Å²) >= 11 is 0. The molecule has 0 spiro atoms. The second-order valence-corrected chi connectivity index (χ2v) is 14.9. The summed E-state index contributed by atoms with van der Waals surface area (Å²) in [5, 5.41) is 7.75. The van der Waals surface area contributed by atoms with E-state index < -0.39 is 41.9 Å². The molecule has 9 rings (SSSR count). The van der Waals surface area contributed by atoms with Crippen LogP contribution in [-0.2, 0) is 9.59 Å². The van der Waals surface area contributed by atoms with Crippen molar-refractivity contribution in [2.24, 2.45) is 5.92 Å². The second-order valence-electron chi connectivity index (χ2n) is 14.9. The maximum atomic E-state index is 16.2. The van der Waals surface area contributed by atoms with Crippen LogP contribution in [0.25, 0.3) is 22.3 Å². The molecular weight excluding hydrogens is 718 g/mol. The molecule has 4 unspecified atom stereocenters. The number of para-hydroxylation sites is 1. The lowest BCUT2D eigenvalue weighted by atomic mass is 9.84. The number of nitrogen functional groups attached to an aromatic ring is 1. The molecule has 14 nitrogen and oxygen atoms in total. The van der Waals surface area contributed by atoms with Gasteiger partial charge in [-0.05, 0) is 86.2 Å². The summed E-state index contributed by atoms with van der Waals surface area (Å²) in [6.45, 7) is 3.71. The van der Waals surface area contributed by atoms with Crippen LogP contribution >= 0.6 is 0 Å². The first-order valence-electron chi connectivity index (χ1n) is 19.0. The highest BCUT2D eigenvalue weighted by Crippen LogP contribution is 2.40. The van der Waals surface area contributed by atoms with Crippen LogP contribution in [0.5, 0.6) is 11.5 Å². The third-order valence-electron chi connectivity index (χ3n) is 11.5. The predicted molar refractivity (Wildman–Crippen MR) is 205 cm³/mol. The van der Waals surface area contributed by atoms with Crippen molar-refractivity contribution in [1.29, 1.82) is 0 Å². The number of rotatable bonds is 8. The molecule has 0 bridgehead atoms. The lowest BCUT2D eigenvalue weighted by molar-refractivity contribution is -0.136. The minimum Gasteiger partial charge on any atom is -0.457 e. The minimum absolute atomic E-state index is 0.0721. The van der Waals surface area contributed by atoms with Crippen molar-refractivity contribution >= 4 is 46.2 Å². The fourth-order valence-corrected chi connectivity index (χ4v) is 8.57. The molecule has 3 aromatic carbocycles. The Bertz CT molecular complexity index is 2350. The third-order valence-corrected chi connectivity index (χ3v) is 11.5. The quantitative estimate of drug-likeness (QED) is 0.209. The van der Waals surface area contributed by atoms with Gasteiger partial charge in [0.15, 0.2) is 5.65 Å². The van der Waals surface area contributed by atoms with E-state index in [1.807, 2.05) is 60.7 Å². The summed E-state index contributed by atoms with van der Waals surface area (Å²) in [5.74, 6) is -0.203. The number of amides is 4. The first-order chi connectivity index (χ1) is 27.2. The molecule has 3 aliphatic heterocycles. The Balaban J connectivity index is 0.827. The van der Waals surface area contributed by atoms with Crippen molar-refractivity contribution in [2.45, 2.75) is 50.4 Å². The number of nitrogens with zero attached hydrogens (tertiary/aromatic N) is 7. The highest BCUT2D eigenvalue weighted by Gasteiger charge is 2.45. The minimum atomic E-state index is -1.13. The highest BCUT2D eigenvalue weighted by molar-refractivity contribution is 6.23. The largest absolute Gasteiger partial charge is 0.457 e. The maximum Gasteiger partial charge on any atom is 0.262 e. The van der Waals surface area contributed by atoms with Crippen LogP contribution in [0.1, 0.15) is 58.9 Å². The molecule has 3 N–H and O–H groups in total. The van der Waals surface area contributed by atoms with E-state index in [2.05, 4.69) is 25.1 Å². The predicted octanol–water partition coefficient (Wildman–Crippen LogP) is 4.77. The SMILES string of the molecule is Nc1ncnc2c1c(-c1ccc(Oc3ccccc3)cc1)nn2C1CCC(CN2CCN(c3ccc4c(c3)C(=O)N(C3CCC(=O)NC3=O)C4=O)CC2)CC1F. The van der Waals surface area contributed by atoms with Gasteiger partial charge in [-0.2, -0.15) is 5.10 Å². The summed E-state index contributed by atoms with van der Waals surface area (Å²) < 4.78 is 23.9. The zero-order valence-electron chi connectivity index (χ0n) is 30.5. The van der Waals surface area contributed by atoms with Crippen molar-refractivity contribution in [3.05, 3.63) is 90.3 Å². The third kappa shape index (κ3) is 6.51. The topological polar surface area (TPSA) is 169 Å². The number of alkyl halides is 1. The van der Waals surface area contributed by atoms with E-state index in [1.165, 1.54) is 6.33 Å². The molecule has 0 radical (unpaired) electrons. The Morgan fingerprint density at radius 3 is 2.34 bits per heavy atom. The molecule has 5 aromatic rings. The number of halogens is 1. The fraction of sp³-hybridized carbons (Fsp3) is 0.341. The van der Waals surface area contributed by atoms with Gasteiger partial charge in [0, 0.05) is 50.4 Å². The molecule has 4 atom stereocenters. The van der Waals surface area contributed by atoms with Crippen molar-refractivity contribution in [2.75, 3.05) is 43.4 Å². The molecule has 1 aliphatic carbocycles. The van der Waals surface area contributed by atoms with Gasteiger partial charge in [0.2, 0.25) is 11.8 Å². The van der Waals surface area contributed by atoms with Gasteiger partial charge in [0.05, 0.1) is 22.6 Å². The number of nitrogens with two attached hydrogens (primary N) is 1. The van der Waals surface area contributed by atoms with E-state index in [0.29, 0.717) is 54.2 Å². The number of anilines is 2. The normalized spacial score (nSPS) is 23.1. The van der Waals surface area contributed by atoms with Crippen LogP contribution in [-0.4, -0.2) is 98.1 Å². The first-order valence-corrected chi connectivity index (χ1v) is 19.0. The van der Waals surface area contributed by atoms with Crippen LogP contribution in [0.3, 0.4) is 0 Å². The smallest absolute Gasteiger partial charge is 0.262 e. The van der Waals surface area contributed by atoms with Gasteiger partial charge in [-0.1, -0.05) is 18.2 Å². The van der Waals surface area contributed by atoms with E-state index >= 15 is 4.39 Å². The monoisotopic (exact) mass is 757 g/mol. The van der Waals surface area contributed by atoms with Crippen LogP contribution < -0.4 is 20.7 Å². The van der Waals surface area contributed by atoms with Gasteiger partial charge >= 0.3 is 0 Å². The number of piperazine rings is 1. The summed E-state index contributed by atoms with van der Waals surface area (Å²) in [7, 11) is 0. The maximum absolute atomic E-state index is 16.2. The molecule has 4 amide bonds. The second kappa shape index (κ2) is 14.5. The summed E-state index contributed by atoms with van der Waals surface area (Å²) in [6, 6.07) is 20.8. The lowest BCUT2D eigenvalue weighted by Gasteiger charge is -2.39. The number of hydrogen-bond donors (Lipinski definition) is 2. The molecule has 3 fully saturated rings. The number of ether oxygens (including phenoxy) is 1. The molecule has 1 saturated carbocycles. The Labute approximate surface area is 321 Å². The number of carbonyl (C=O) groups is 4. The van der Waals surface area contributed by atoms with E-state index in [4.69, 9.17) is 15.6 Å². The number of aromatic nitrogens is 4. The van der Waals surface area contributed by atoms with Gasteiger partial charge in [-0.15, -0.1) is 0 Å². The molecule has 2 aromatic heterocycles. The summed E-state index contributed by atoms with van der Waals surface area (Å²) in [4.78, 5) is 64.8. The molecule has 5 heterocycles.